The fourth-order valence-electron chi connectivity index (χ4n) is 2.39. The van der Waals surface area contributed by atoms with E-state index in [0.29, 0.717) is 19.6 Å². The molecule has 1 aromatic rings. The molecule has 0 saturated heterocycles. The number of benzene rings is 1. The van der Waals surface area contributed by atoms with Gasteiger partial charge in [-0.15, -0.1) is 0 Å². The summed E-state index contributed by atoms with van der Waals surface area (Å²) in [6, 6.07) is 9.85. The SMILES string of the molecule is CCOC(=O)C(C#N)CC1CCOc2ccccc21. The van der Waals surface area contributed by atoms with Crippen molar-refractivity contribution in [3.63, 3.8) is 0 Å². The van der Waals surface area contributed by atoms with Crippen LogP contribution in [0.25, 0.3) is 0 Å². The number of rotatable bonds is 4. The lowest BCUT2D eigenvalue weighted by Crippen LogP contribution is -2.22. The van der Waals surface area contributed by atoms with E-state index < -0.39 is 11.9 Å². The van der Waals surface area contributed by atoms with Gasteiger partial charge in [0.25, 0.3) is 0 Å². The van der Waals surface area contributed by atoms with E-state index in [1.165, 1.54) is 0 Å². The molecule has 2 atom stereocenters. The highest BCUT2D eigenvalue weighted by molar-refractivity contribution is 5.75. The first kappa shape index (κ1) is 13.4. The van der Waals surface area contributed by atoms with Gasteiger partial charge >= 0.3 is 5.97 Å². The van der Waals surface area contributed by atoms with Crippen LogP contribution in [0.15, 0.2) is 24.3 Å². The topological polar surface area (TPSA) is 59.3 Å². The summed E-state index contributed by atoms with van der Waals surface area (Å²) in [6.45, 7) is 2.68. The number of hydrogen-bond acceptors (Lipinski definition) is 4. The minimum atomic E-state index is -0.698. The van der Waals surface area contributed by atoms with Gasteiger partial charge in [0.05, 0.1) is 19.3 Å². The molecule has 1 aliphatic heterocycles. The van der Waals surface area contributed by atoms with Gasteiger partial charge in [-0.2, -0.15) is 5.26 Å². The van der Waals surface area contributed by atoms with Crippen LogP contribution in [0.5, 0.6) is 5.75 Å². The lowest BCUT2D eigenvalue weighted by atomic mass is 9.85. The summed E-state index contributed by atoms with van der Waals surface area (Å²) in [6.07, 6.45) is 1.32. The minimum Gasteiger partial charge on any atom is -0.493 e. The zero-order valence-electron chi connectivity index (χ0n) is 11.0. The molecule has 0 aliphatic carbocycles. The molecule has 0 fully saturated rings. The summed E-state index contributed by atoms with van der Waals surface area (Å²) in [5.41, 5.74) is 1.08. The van der Waals surface area contributed by atoms with Crippen molar-refractivity contribution < 1.29 is 14.3 Å². The van der Waals surface area contributed by atoms with Crippen LogP contribution in [0.3, 0.4) is 0 Å². The molecule has 19 heavy (non-hydrogen) atoms. The van der Waals surface area contributed by atoms with Gasteiger partial charge in [0, 0.05) is 0 Å². The van der Waals surface area contributed by atoms with Gasteiger partial charge in [0.15, 0.2) is 0 Å². The molecule has 2 rings (SSSR count). The predicted molar refractivity (Wildman–Crippen MR) is 69.6 cm³/mol. The molecule has 0 aromatic heterocycles. The number of carbonyl (C=O) groups is 1. The quantitative estimate of drug-likeness (QED) is 0.780. The molecule has 2 unspecified atom stereocenters. The third-order valence-electron chi connectivity index (χ3n) is 3.33. The number of nitriles is 1. The van der Waals surface area contributed by atoms with Crippen molar-refractivity contribution in [3.8, 4) is 11.8 Å². The van der Waals surface area contributed by atoms with Crippen LogP contribution >= 0.6 is 0 Å². The van der Waals surface area contributed by atoms with Gasteiger partial charge in [-0.05, 0) is 37.3 Å². The van der Waals surface area contributed by atoms with Gasteiger partial charge in [0.2, 0.25) is 0 Å². The average Bonchev–Trinajstić information content (AvgIpc) is 2.45. The smallest absolute Gasteiger partial charge is 0.323 e. The van der Waals surface area contributed by atoms with E-state index in [4.69, 9.17) is 14.7 Å². The number of esters is 1. The third kappa shape index (κ3) is 3.05. The van der Waals surface area contributed by atoms with E-state index in [0.717, 1.165) is 17.7 Å². The van der Waals surface area contributed by atoms with E-state index in [1.54, 1.807) is 6.92 Å². The molecule has 0 N–H and O–H groups in total. The highest BCUT2D eigenvalue weighted by Gasteiger charge is 2.28. The average molecular weight is 259 g/mol. The number of carbonyl (C=O) groups excluding carboxylic acids is 1. The first-order valence-electron chi connectivity index (χ1n) is 6.54. The summed E-state index contributed by atoms with van der Waals surface area (Å²) in [5.74, 6) is -0.0802. The van der Waals surface area contributed by atoms with Crippen LogP contribution in [-0.4, -0.2) is 19.2 Å². The van der Waals surface area contributed by atoms with Crippen molar-refractivity contribution in [3.05, 3.63) is 29.8 Å². The standard InChI is InChI=1S/C15H17NO3/c1-2-18-15(17)12(10-16)9-11-7-8-19-14-6-4-3-5-13(11)14/h3-6,11-12H,2,7-9H2,1H3. The van der Waals surface area contributed by atoms with Gasteiger partial charge in [-0.1, -0.05) is 18.2 Å². The maximum absolute atomic E-state index is 11.7. The second-order valence-electron chi connectivity index (χ2n) is 4.54. The molecule has 0 saturated carbocycles. The summed E-state index contributed by atoms with van der Waals surface area (Å²) in [5, 5.41) is 9.12. The van der Waals surface area contributed by atoms with Crippen LogP contribution in [0, 0.1) is 17.2 Å². The van der Waals surface area contributed by atoms with Crippen LogP contribution in [0.4, 0.5) is 0 Å². The third-order valence-corrected chi connectivity index (χ3v) is 3.33. The molecule has 1 aromatic carbocycles. The molecule has 0 radical (unpaired) electrons. The van der Waals surface area contributed by atoms with Crippen molar-refractivity contribution in [1.29, 1.82) is 5.26 Å². The number of nitrogens with zero attached hydrogens (tertiary/aromatic N) is 1. The van der Waals surface area contributed by atoms with Crippen molar-refractivity contribution in [1.82, 2.24) is 0 Å². The lowest BCUT2D eigenvalue weighted by molar-refractivity contribution is -0.146. The van der Waals surface area contributed by atoms with Crippen LogP contribution in [-0.2, 0) is 9.53 Å². The summed E-state index contributed by atoms with van der Waals surface area (Å²) >= 11 is 0. The maximum Gasteiger partial charge on any atom is 0.323 e. The van der Waals surface area contributed by atoms with E-state index in [2.05, 4.69) is 0 Å². The largest absolute Gasteiger partial charge is 0.493 e. The predicted octanol–water partition coefficient (Wildman–Crippen LogP) is 2.65. The second-order valence-corrected chi connectivity index (χ2v) is 4.54. The molecular formula is C15H17NO3. The molecule has 4 heteroatoms. The Labute approximate surface area is 112 Å². The molecule has 1 aliphatic rings. The molecule has 0 amide bonds. The monoisotopic (exact) mass is 259 g/mol. The molecule has 0 spiro atoms. The van der Waals surface area contributed by atoms with Gasteiger partial charge in [0.1, 0.15) is 11.7 Å². The number of para-hydroxylation sites is 1. The normalized spacial score (nSPS) is 18.6. The highest BCUT2D eigenvalue weighted by atomic mass is 16.5. The Morgan fingerprint density at radius 3 is 3.11 bits per heavy atom. The Kier molecular flexibility index (Phi) is 4.40. The van der Waals surface area contributed by atoms with Crippen molar-refractivity contribution in [2.75, 3.05) is 13.2 Å². The number of fused-ring (bicyclic) bond motifs is 1. The van der Waals surface area contributed by atoms with E-state index in [9.17, 15) is 4.79 Å². The first-order valence-corrected chi connectivity index (χ1v) is 6.54. The summed E-state index contributed by atoms with van der Waals surface area (Å²) in [7, 11) is 0. The molecular weight excluding hydrogens is 242 g/mol. The Morgan fingerprint density at radius 1 is 1.58 bits per heavy atom. The maximum atomic E-state index is 11.7. The van der Waals surface area contributed by atoms with E-state index in [-0.39, 0.29) is 5.92 Å². The van der Waals surface area contributed by atoms with Gasteiger partial charge < -0.3 is 9.47 Å². The van der Waals surface area contributed by atoms with Crippen LogP contribution < -0.4 is 4.74 Å². The Hall–Kier alpha value is -2.02. The molecule has 4 nitrogen and oxygen atoms in total. The first-order chi connectivity index (χ1) is 9.26. The molecule has 100 valence electrons. The fourth-order valence-corrected chi connectivity index (χ4v) is 2.39. The number of hydrogen-bond donors (Lipinski definition) is 0. The van der Waals surface area contributed by atoms with Gasteiger partial charge in [-0.25, -0.2) is 0 Å². The number of ether oxygens (including phenoxy) is 2. The van der Waals surface area contributed by atoms with Gasteiger partial charge in [-0.3, -0.25) is 4.79 Å². The van der Waals surface area contributed by atoms with Crippen LogP contribution in [0.1, 0.15) is 31.2 Å². The fraction of sp³-hybridized carbons (Fsp3) is 0.467. The van der Waals surface area contributed by atoms with Crippen LogP contribution in [0.2, 0.25) is 0 Å². The minimum absolute atomic E-state index is 0.180. The summed E-state index contributed by atoms with van der Waals surface area (Å²) in [4.78, 5) is 11.7. The van der Waals surface area contributed by atoms with Crippen molar-refractivity contribution in [2.24, 2.45) is 5.92 Å². The molecule has 0 bridgehead atoms. The zero-order chi connectivity index (χ0) is 13.7. The van der Waals surface area contributed by atoms with E-state index in [1.807, 2.05) is 30.3 Å². The van der Waals surface area contributed by atoms with Crippen molar-refractivity contribution >= 4 is 5.97 Å². The summed E-state index contributed by atoms with van der Waals surface area (Å²) < 4.78 is 10.5. The Bertz CT molecular complexity index is 492. The lowest BCUT2D eigenvalue weighted by Gasteiger charge is -2.26. The Morgan fingerprint density at radius 2 is 2.37 bits per heavy atom. The van der Waals surface area contributed by atoms with Crippen molar-refractivity contribution in [2.45, 2.75) is 25.7 Å². The highest BCUT2D eigenvalue weighted by Crippen LogP contribution is 2.37. The van der Waals surface area contributed by atoms with E-state index >= 15 is 0 Å². The second kappa shape index (κ2) is 6.24. The Balaban J connectivity index is 2.11. The zero-order valence-corrected chi connectivity index (χ0v) is 11.0. The molecule has 1 heterocycles.